The number of ether oxygens (including phenoxy) is 1. The molecule has 3 aromatic rings. The van der Waals surface area contributed by atoms with E-state index in [4.69, 9.17) is 4.74 Å². The summed E-state index contributed by atoms with van der Waals surface area (Å²) >= 11 is 0. The van der Waals surface area contributed by atoms with E-state index in [2.05, 4.69) is 22.3 Å². The lowest BCUT2D eigenvalue weighted by Gasteiger charge is -2.27. The molecule has 0 aliphatic carbocycles. The lowest BCUT2D eigenvalue weighted by molar-refractivity contribution is 0.0951. The summed E-state index contributed by atoms with van der Waals surface area (Å²) < 4.78 is 18.8. The minimum absolute atomic E-state index is 0.130. The highest BCUT2D eigenvalue weighted by Crippen LogP contribution is 2.25. The fraction of sp³-hybridized carbons (Fsp3) is 0.208. The maximum Gasteiger partial charge on any atom is 0.251 e. The van der Waals surface area contributed by atoms with E-state index in [1.807, 2.05) is 18.2 Å². The van der Waals surface area contributed by atoms with Crippen molar-refractivity contribution in [2.75, 3.05) is 18.0 Å². The van der Waals surface area contributed by atoms with Crippen molar-refractivity contribution in [3.05, 3.63) is 90.2 Å². The molecule has 1 saturated heterocycles. The Morgan fingerprint density at radius 3 is 2.59 bits per heavy atom. The summed E-state index contributed by atoms with van der Waals surface area (Å²) in [7, 11) is 0. The predicted molar refractivity (Wildman–Crippen MR) is 112 cm³/mol. The van der Waals surface area contributed by atoms with Gasteiger partial charge < -0.3 is 15.0 Å². The van der Waals surface area contributed by atoms with Gasteiger partial charge in [0.25, 0.3) is 5.91 Å². The van der Waals surface area contributed by atoms with Gasteiger partial charge in [0.1, 0.15) is 17.3 Å². The molecule has 1 atom stereocenters. The van der Waals surface area contributed by atoms with Gasteiger partial charge in [0, 0.05) is 30.4 Å². The third kappa shape index (κ3) is 4.74. The number of rotatable bonds is 6. The van der Waals surface area contributed by atoms with Crippen LogP contribution < -0.4 is 15.0 Å². The van der Waals surface area contributed by atoms with Crippen molar-refractivity contribution in [1.82, 2.24) is 5.32 Å². The molecule has 3 aromatic carbocycles. The molecule has 148 valence electrons. The fourth-order valence-electron chi connectivity index (χ4n) is 3.66. The Hall–Kier alpha value is -3.34. The number of carbonyl (C=O) groups excluding carboxylic acids is 1. The second-order valence-electron chi connectivity index (χ2n) is 7.12. The number of amides is 1. The van der Waals surface area contributed by atoms with Gasteiger partial charge in [-0.2, -0.15) is 0 Å². The van der Waals surface area contributed by atoms with Crippen molar-refractivity contribution in [3.8, 4) is 11.5 Å². The minimum Gasteiger partial charge on any atom is -0.457 e. The molecule has 1 fully saturated rings. The molecule has 1 unspecified atom stereocenters. The van der Waals surface area contributed by atoms with Crippen molar-refractivity contribution in [3.63, 3.8) is 0 Å². The molecule has 1 heterocycles. The standard InChI is InChI=1S/C24H23FN2O2/c25-19-11-13-22(14-12-19)29-23-10-4-6-18(16-23)24(28)26-17-21-9-5-15-27(21)20-7-2-1-3-8-20/h1-4,6-8,10-14,16,21H,5,9,15,17H2,(H,26,28). The first-order chi connectivity index (χ1) is 14.2. The highest BCUT2D eigenvalue weighted by Gasteiger charge is 2.25. The summed E-state index contributed by atoms with van der Waals surface area (Å²) in [6, 6.07) is 23.4. The molecule has 0 radical (unpaired) electrons. The average Bonchev–Trinajstić information content (AvgIpc) is 3.23. The average molecular weight is 390 g/mol. The summed E-state index contributed by atoms with van der Waals surface area (Å²) in [5, 5.41) is 3.05. The minimum atomic E-state index is -0.318. The quantitative estimate of drug-likeness (QED) is 0.643. The Labute approximate surface area is 169 Å². The van der Waals surface area contributed by atoms with Crippen LogP contribution in [0.5, 0.6) is 11.5 Å². The van der Waals surface area contributed by atoms with E-state index in [9.17, 15) is 9.18 Å². The van der Waals surface area contributed by atoms with E-state index in [1.54, 1.807) is 36.4 Å². The van der Waals surface area contributed by atoms with Crippen LogP contribution in [0.15, 0.2) is 78.9 Å². The van der Waals surface area contributed by atoms with Gasteiger partial charge in [-0.15, -0.1) is 0 Å². The summed E-state index contributed by atoms with van der Waals surface area (Å²) in [4.78, 5) is 15.0. The van der Waals surface area contributed by atoms with Gasteiger partial charge >= 0.3 is 0 Å². The van der Waals surface area contributed by atoms with Crippen molar-refractivity contribution < 1.29 is 13.9 Å². The van der Waals surface area contributed by atoms with E-state index in [-0.39, 0.29) is 11.7 Å². The number of nitrogens with zero attached hydrogens (tertiary/aromatic N) is 1. The summed E-state index contributed by atoms with van der Waals surface area (Å²) in [6.07, 6.45) is 2.18. The van der Waals surface area contributed by atoms with Crippen molar-refractivity contribution in [2.45, 2.75) is 18.9 Å². The number of halogens is 1. The third-order valence-corrected chi connectivity index (χ3v) is 5.11. The zero-order chi connectivity index (χ0) is 20.1. The van der Waals surface area contributed by atoms with Crippen LogP contribution in [-0.4, -0.2) is 25.0 Å². The first kappa shape index (κ1) is 19.0. The Kier molecular flexibility index (Phi) is 5.75. The maximum atomic E-state index is 13.0. The van der Waals surface area contributed by atoms with Crippen LogP contribution in [0.3, 0.4) is 0 Å². The van der Waals surface area contributed by atoms with Gasteiger partial charge in [-0.05, 0) is 67.4 Å². The molecule has 1 aliphatic rings. The van der Waals surface area contributed by atoms with Crippen LogP contribution in [0, 0.1) is 5.82 Å². The molecule has 1 amide bonds. The zero-order valence-corrected chi connectivity index (χ0v) is 16.1. The first-order valence-electron chi connectivity index (χ1n) is 9.82. The molecule has 29 heavy (non-hydrogen) atoms. The normalized spacial score (nSPS) is 15.9. The van der Waals surface area contributed by atoms with Crippen LogP contribution in [0.4, 0.5) is 10.1 Å². The van der Waals surface area contributed by atoms with Crippen LogP contribution in [-0.2, 0) is 0 Å². The molecular weight excluding hydrogens is 367 g/mol. The second kappa shape index (κ2) is 8.78. The van der Waals surface area contributed by atoms with E-state index in [0.717, 1.165) is 19.4 Å². The van der Waals surface area contributed by atoms with Crippen molar-refractivity contribution in [1.29, 1.82) is 0 Å². The first-order valence-corrected chi connectivity index (χ1v) is 9.82. The molecule has 0 saturated carbocycles. The van der Waals surface area contributed by atoms with Gasteiger partial charge in [-0.25, -0.2) is 4.39 Å². The monoisotopic (exact) mass is 390 g/mol. The number of hydrogen-bond donors (Lipinski definition) is 1. The lowest BCUT2D eigenvalue weighted by Crippen LogP contribution is -2.40. The Balaban J connectivity index is 1.38. The van der Waals surface area contributed by atoms with Crippen LogP contribution in [0.25, 0.3) is 0 Å². The molecule has 4 rings (SSSR count). The van der Waals surface area contributed by atoms with Crippen LogP contribution in [0.1, 0.15) is 23.2 Å². The molecule has 0 aromatic heterocycles. The lowest BCUT2D eigenvalue weighted by atomic mass is 10.1. The second-order valence-corrected chi connectivity index (χ2v) is 7.12. The van der Waals surface area contributed by atoms with Gasteiger partial charge in [-0.1, -0.05) is 24.3 Å². The van der Waals surface area contributed by atoms with E-state index in [0.29, 0.717) is 29.6 Å². The molecule has 1 aliphatic heterocycles. The molecule has 1 N–H and O–H groups in total. The topological polar surface area (TPSA) is 41.6 Å². The molecule has 0 bridgehead atoms. The summed E-state index contributed by atoms with van der Waals surface area (Å²) in [6.45, 7) is 1.60. The highest BCUT2D eigenvalue weighted by atomic mass is 19.1. The van der Waals surface area contributed by atoms with E-state index < -0.39 is 0 Å². The molecular formula is C24H23FN2O2. The Morgan fingerprint density at radius 2 is 1.79 bits per heavy atom. The Morgan fingerprint density at radius 1 is 1.00 bits per heavy atom. The summed E-state index contributed by atoms with van der Waals surface area (Å²) in [5.74, 6) is 0.612. The SMILES string of the molecule is O=C(NCC1CCCN1c1ccccc1)c1cccc(Oc2ccc(F)cc2)c1. The number of anilines is 1. The van der Waals surface area contributed by atoms with Gasteiger partial charge in [0.2, 0.25) is 0 Å². The number of hydrogen-bond acceptors (Lipinski definition) is 3. The maximum absolute atomic E-state index is 13.0. The number of carbonyl (C=O) groups is 1. The molecule has 5 heteroatoms. The number of para-hydroxylation sites is 1. The van der Waals surface area contributed by atoms with Gasteiger partial charge in [0.15, 0.2) is 0 Å². The van der Waals surface area contributed by atoms with E-state index in [1.165, 1.54) is 17.8 Å². The smallest absolute Gasteiger partial charge is 0.251 e. The fourth-order valence-corrected chi connectivity index (χ4v) is 3.66. The van der Waals surface area contributed by atoms with Crippen molar-refractivity contribution in [2.24, 2.45) is 0 Å². The van der Waals surface area contributed by atoms with Crippen molar-refractivity contribution >= 4 is 11.6 Å². The number of nitrogens with one attached hydrogen (secondary N) is 1. The third-order valence-electron chi connectivity index (χ3n) is 5.11. The highest BCUT2D eigenvalue weighted by molar-refractivity contribution is 5.94. The van der Waals surface area contributed by atoms with Crippen LogP contribution >= 0.6 is 0 Å². The van der Waals surface area contributed by atoms with Crippen LogP contribution in [0.2, 0.25) is 0 Å². The molecule has 4 nitrogen and oxygen atoms in total. The van der Waals surface area contributed by atoms with Gasteiger partial charge in [-0.3, -0.25) is 4.79 Å². The predicted octanol–water partition coefficient (Wildman–Crippen LogP) is 5.02. The molecule has 0 spiro atoms. The van der Waals surface area contributed by atoms with E-state index >= 15 is 0 Å². The largest absolute Gasteiger partial charge is 0.457 e. The zero-order valence-electron chi connectivity index (χ0n) is 16.1. The van der Waals surface area contributed by atoms with Gasteiger partial charge in [0.05, 0.1) is 0 Å². The number of benzene rings is 3. The Bertz CT molecular complexity index is 960. The summed E-state index contributed by atoms with van der Waals surface area (Å²) in [5.41, 5.74) is 1.73.